The SMILES string of the molecule is CC(C)(C)c1cccc(Oc2nc(N)ncc2F)c1. The third-order valence-electron chi connectivity index (χ3n) is 2.65. The van der Waals surface area contributed by atoms with Gasteiger partial charge >= 0.3 is 0 Å². The maximum Gasteiger partial charge on any atom is 0.260 e. The number of hydrogen-bond donors (Lipinski definition) is 1. The van der Waals surface area contributed by atoms with E-state index in [0.717, 1.165) is 11.8 Å². The van der Waals surface area contributed by atoms with E-state index >= 15 is 0 Å². The fourth-order valence-electron chi connectivity index (χ4n) is 1.57. The normalized spacial score (nSPS) is 11.4. The van der Waals surface area contributed by atoms with Crippen LogP contribution >= 0.6 is 0 Å². The van der Waals surface area contributed by atoms with Crippen molar-refractivity contribution in [1.82, 2.24) is 9.97 Å². The lowest BCUT2D eigenvalue weighted by Crippen LogP contribution is -2.10. The molecule has 0 aliphatic rings. The molecule has 1 heterocycles. The molecule has 5 heteroatoms. The van der Waals surface area contributed by atoms with Gasteiger partial charge in [0.2, 0.25) is 11.8 Å². The summed E-state index contributed by atoms with van der Waals surface area (Å²) in [6.45, 7) is 6.28. The highest BCUT2D eigenvalue weighted by atomic mass is 19.1. The Morgan fingerprint density at radius 2 is 2.00 bits per heavy atom. The Hall–Kier alpha value is -2.17. The molecule has 2 N–H and O–H groups in total. The van der Waals surface area contributed by atoms with Crippen molar-refractivity contribution in [3.63, 3.8) is 0 Å². The molecule has 0 radical (unpaired) electrons. The number of nitrogens with zero attached hydrogens (tertiary/aromatic N) is 2. The maximum absolute atomic E-state index is 13.5. The molecule has 0 amide bonds. The van der Waals surface area contributed by atoms with E-state index in [-0.39, 0.29) is 17.2 Å². The van der Waals surface area contributed by atoms with Crippen molar-refractivity contribution in [3.8, 4) is 11.6 Å². The zero-order valence-electron chi connectivity index (χ0n) is 11.1. The van der Waals surface area contributed by atoms with Gasteiger partial charge in [0.25, 0.3) is 5.88 Å². The van der Waals surface area contributed by atoms with Crippen molar-refractivity contribution in [2.24, 2.45) is 0 Å². The quantitative estimate of drug-likeness (QED) is 0.901. The van der Waals surface area contributed by atoms with Gasteiger partial charge in [-0.3, -0.25) is 0 Å². The third-order valence-corrected chi connectivity index (χ3v) is 2.65. The van der Waals surface area contributed by atoms with Crippen LogP contribution in [0.1, 0.15) is 26.3 Å². The highest BCUT2D eigenvalue weighted by Gasteiger charge is 2.15. The molecule has 0 aliphatic heterocycles. The van der Waals surface area contributed by atoms with E-state index in [0.29, 0.717) is 5.75 Å². The molecule has 2 rings (SSSR count). The van der Waals surface area contributed by atoms with Crippen molar-refractivity contribution in [2.75, 3.05) is 5.73 Å². The molecule has 0 saturated heterocycles. The summed E-state index contributed by atoms with van der Waals surface area (Å²) in [6.07, 6.45) is 0.991. The van der Waals surface area contributed by atoms with Crippen LogP contribution in [0.2, 0.25) is 0 Å². The number of hydrogen-bond acceptors (Lipinski definition) is 4. The Morgan fingerprint density at radius 1 is 1.26 bits per heavy atom. The molecule has 2 aromatic rings. The Labute approximate surface area is 111 Å². The van der Waals surface area contributed by atoms with Crippen molar-refractivity contribution in [2.45, 2.75) is 26.2 Å². The van der Waals surface area contributed by atoms with Crippen LogP contribution in [0.3, 0.4) is 0 Å². The molecule has 0 aliphatic carbocycles. The van der Waals surface area contributed by atoms with E-state index < -0.39 is 5.82 Å². The van der Waals surface area contributed by atoms with Gasteiger partial charge in [-0.15, -0.1) is 0 Å². The van der Waals surface area contributed by atoms with Crippen molar-refractivity contribution in [1.29, 1.82) is 0 Å². The first-order chi connectivity index (χ1) is 8.86. The fourth-order valence-corrected chi connectivity index (χ4v) is 1.57. The molecule has 0 bridgehead atoms. The monoisotopic (exact) mass is 261 g/mol. The lowest BCUT2D eigenvalue weighted by atomic mass is 9.87. The number of nitrogens with two attached hydrogens (primary N) is 1. The van der Waals surface area contributed by atoms with Crippen LogP contribution in [0.15, 0.2) is 30.5 Å². The Kier molecular flexibility index (Phi) is 3.38. The summed E-state index contributed by atoms with van der Waals surface area (Å²) >= 11 is 0. The largest absolute Gasteiger partial charge is 0.436 e. The Bertz CT molecular complexity index is 593. The number of ether oxygens (including phenoxy) is 1. The minimum Gasteiger partial charge on any atom is -0.436 e. The molecular weight excluding hydrogens is 245 g/mol. The predicted molar refractivity (Wildman–Crippen MR) is 71.6 cm³/mol. The number of nitrogen functional groups attached to an aromatic ring is 1. The number of halogens is 1. The molecule has 0 unspecified atom stereocenters. The predicted octanol–water partition coefficient (Wildman–Crippen LogP) is 3.29. The lowest BCUT2D eigenvalue weighted by molar-refractivity contribution is 0.419. The number of anilines is 1. The molecule has 0 fully saturated rings. The van der Waals surface area contributed by atoms with Gasteiger partial charge in [0, 0.05) is 0 Å². The lowest BCUT2D eigenvalue weighted by Gasteiger charge is -2.19. The van der Waals surface area contributed by atoms with E-state index in [1.54, 1.807) is 6.07 Å². The first kappa shape index (κ1) is 13.3. The second-order valence-electron chi connectivity index (χ2n) is 5.26. The summed E-state index contributed by atoms with van der Waals surface area (Å²) in [5.74, 6) is -0.318. The van der Waals surface area contributed by atoms with Gasteiger partial charge in [0.15, 0.2) is 0 Å². The second-order valence-corrected chi connectivity index (χ2v) is 5.26. The van der Waals surface area contributed by atoms with Crippen molar-refractivity contribution in [3.05, 3.63) is 41.8 Å². The van der Waals surface area contributed by atoms with Gasteiger partial charge in [-0.25, -0.2) is 4.98 Å². The first-order valence-corrected chi connectivity index (χ1v) is 5.92. The average molecular weight is 261 g/mol. The van der Waals surface area contributed by atoms with Gasteiger partial charge in [-0.2, -0.15) is 9.37 Å². The standard InChI is InChI=1S/C14H16FN3O/c1-14(2,3)9-5-4-6-10(7-9)19-12-11(15)8-17-13(16)18-12/h4-8H,1-3H3,(H2,16,17,18). The zero-order chi connectivity index (χ0) is 14.0. The molecule has 1 aromatic carbocycles. The van der Waals surface area contributed by atoms with Gasteiger partial charge in [0.05, 0.1) is 6.20 Å². The molecular formula is C14H16FN3O. The highest BCUT2D eigenvalue weighted by molar-refractivity contribution is 5.35. The van der Waals surface area contributed by atoms with Gasteiger partial charge in [-0.05, 0) is 23.1 Å². The van der Waals surface area contributed by atoms with E-state index in [9.17, 15) is 4.39 Å². The molecule has 19 heavy (non-hydrogen) atoms. The summed E-state index contributed by atoms with van der Waals surface area (Å²) < 4.78 is 18.9. The smallest absolute Gasteiger partial charge is 0.260 e. The zero-order valence-corrected chi connectivity index (χ0v) is 11.1. The summed E-state index contributed by atoms with van der Waals surface area (Å²) in [5, 5.41) is 0. The molecule has 4 nitrogen and oxygen atoms in total. The van der Waals surface area contributed by atoms with E-state index in [1.165, 1.54) is 0 Å². The fraction of sp³-hybridized carbons (Fsp3) is 0.286. The van der Waals surface area contributed by atoms with Crippen LogP contribution in [0.4, 0.5) is 10.3 Å². The van der Waals surface area contributed by atoms with Crippen molar-refractivity contribution >= 4 is 5.95 Å². The molecule has 0 saturated carbocycles. The maximum atomic E-state index is 13.5. The number of rotatable bonds is 2. The molecule has 1 aromatic heterocycles. The summed E-state index contributed by atoms with van der Waals surface area (Å²) in [5.41, 5.74) is 6.49. The number of benzene rings is 1. The molecule has 0 atom stereocenters. The summed E-state index contributed by atoms with van der Waals surface area (Å²) in [4.78, 5) is 7.28. The van der Waals surface area contributed by atoms with E-state index in [1.807, 2.05) is 18.2 Å². The van der Waals surface area contributed by atoms with Crippen LogP contribution < -0.4 is 10.5 Å². The minimum absolute atomic E-state index is 0.0113. The van der Waals surface area contributed by atoms with E-state index in [2.05, 4.69) is 30.7 Å². The second kappa shape index (κ2) is 4.84. The van der Waals surface area contributed by atoms with Crippen molar-refractivity contribution < 1.29 is 9.13 Å². The van der Waals surface area contributed by atoms with Gasteiger partial charge in [-0.1, -0.05) is 32.9 Å². The molecule has 0 spiro atoms. The Morgan fingerprint density at radius 3 is 2.68 bits per heavy atom. The highest BCUT2D eigenvalue weighted by Crippen LogP contribution is 2.28. The van der Waals surface area contributed by atoms with Crippen LogP contribution in [-0.4, -0.2) is 9.97 Å². The first-order valence-electron chi connectivity index (χ1n) is 5.92. The average Bonchev–Trinajstić information content (AvgIpc) is 2.33. The van der Waals surface area contributed by atoms with Gasteiger partial charge in [0.1, 0.15) is 5.75 Å². The summed E-state index contributed by atoms with van der Waals surface area (Å²) in [6, 6.07) is 7.46. The van der Waals surface area contributed by atoms with Crippen LogP contribution in [0, 0.1) is 5.82 Å². The van der Waals surface area contributed by atoms with Crippen LogP contribution in [0.25, 0.3) is 0 Å². The number of aromatic nitrogens is 2. The van der Waals surface area contributed by atoms with Crippen LogP contribution in [0.5, 0.6) is 11.6 Å². The topological polar surface area (TPSA) is 61.0 Å². The van der Waals surface area contributed by atoms with Crippen LogP contribution in [-0.2, 0) is 5.41 Å². The molecule has 100 valence electrons. The van der Waals surface area contributed by atoms with Gasteiger partial charge < -0.3 is 10.5 Å². The third kappa shape index (κ3) is 3.19. The minimum atomic E-state index is -0.643. The van der Waals surface area contributed by atoms with E-state index in [4.69, 9.17) is 10.5 Å². The Balaban J connectivity index is 2.31. The summed E-state index contributed by atoms with van der Waals surface area (Å²) in [7, 11) is 0.